The average molecular weight is 434 g/mol. The van der Waals surface area contributed by atoms with Crippen molar-refractivity contribution in [3.05, 3.63) is 88.1 Å². The summed E-state index contributed by atoms with van der Waals surface area (Å²) in [5.74, 6) is -0.524. The second-order valence-corrected chi connectivity index (χ2v) is 7.44. The van der Waals surface area contributed by atoms with Gasteiger partial charge in [-0.1, -0.05) is 30.3 Å². The molecule has 1 aromatic carbocycles. The molecule has 0 fully saturated rings. The molecule has 9 heteroatoms. The third kappa shape index (κ3) is 4.83. The fraction of sp³-hybridized carbons (Fsp3) is 0.217. The van der Waals surface area contributed by atoms with Crippen molar-refractivity contribution in [1.29, 1.82) is 0 Å². The van der Waals surface area contributed by atoms with Gasteiger partial charge in [-0.15, -0.1) is 0 Å². The van der Waals surface area contributed by atoms with Crippen molar-refractivity contribution < 1.29 is 9.18 Å². The van der Waals surface area contributed by atoms with E-state index in [4.69, 9.17) is 0 Å². The molecule has 164 valence electrons. The monoisotopic (exact) mass is 434 g/mol. The van der Waals surface area contributed by atoms with Gasteiger partial charge in [0.1, 0.15) is 12.4 Å². The van der Waals surface area contributed by atoms with Gasteiger partial charge in [-0.2, -0.15) is 0 Å². The number of nitrogens with one attached hydrogen (secondary N) is 3. The molecular formula is C23H23FN6O2. The Balaban J connectivity index is 1.37. The van der Waals surface area contributed by atoms with Crippen LogP contribution < -0.4 is 16.2 Å². The van der Waals surface area contributed by atoms with Gasteiger partial charge in [0.15, 0.2) is 5.82 Å². The van der Waals surface area contributed by atoms with Crippen molar-refractivity contribution in [2.24, 2.45) is 0 Å². The smallest absolute Gasteiger partial charge is 0.293 e. The molecular weight excluding hydrogens is 411 g/mol. The Morgan fingerprint density at radius 3 is 2.81 bits per heavy atom. The Kier molecular flexibility index (Phi) is 6.25. The van der Waals surface area contributed by atoms with E-state index in [1.165, 1.54) is 17.0 Å². The standard InChI is InChI=1S/C23H23FN6O2/c1-15-10-29-22(25-8-7-16-5-3-2-4-6-16)23(32)30(15)14-21(31)28-11-17-9-18-19(24)12-27-20(18)13-26-17/h2-6,9-10,12-13,27H,7-8,11,14H2,1H3,(H,25,29)(H,28,31). The number of aromatic amines is 1. The number of fused-ring (bicyclic) bond motifs is 1. The SMILES string of the molecule is Cc1cnc(NCCc2ccccc2)c(=O)n1CC(=O)NCc1cc2c(F)c[nH]c2cn1. The van der Waals surface area contributed by atoms with Crippen molar-refractivity contribution in [2.75, 3.05) is 11.9 Å². The third-order valence-corrected chi connectivity index (χ3v) is 5.14. The first-order chi connectivity index (χ1) is 15.5. The van der Waals surface area contributed by atoms with Gasteiger partial charge in [0, 0.05) is 30.0 Å². The van der Waals surface area contributed by atoms with E-state index in [2.05, 4.69) is 25.6 Å². The number of carbonyl (C=O) groups excluding carboxylic acids is 1. The summed E-state index contributed by atoms with van der Waals surface area (Å²) in [5.41, 5.74) is 2.48. The lowest BCUT2D eigenvalue weighted by molar-refractivity contribution is -0.121. The minimum absolute atomic E-state index is 0.125. The van der Waals surface area contributed by atoms with Crippen LogP contribution >= 0.6 is 0 Å². The van der Waals surface area contributed by atoms with Gasteiger partial charge in [-0.25, -0.2) is 9.37 Å². The Morgan fingerprint density at radius 1 is 1.19 bits per heavy atom. The second-order valence-electron chi connectivity index (χ2n) is 7.44. The van der Waals surface area contributed by atoms with Crippen LogP contribution in [-0.4, -0.2) is 32.0 Å². The van der Waals surface area contributed by atoms with E-state index < -0.39 is 0 Å². The lowest BCUT2D eigenvalue weighted by Gasteiger charge is -2.12. The molecule has 0 bridgehead atoms. The summed E-state index contributed by atoms with van der Waals surface area (Å²) in [6.07, 6.45) is 5.09. The number of carbonyl (C=O) groups is 1. The molecule has 1 amide bonds. The minimum atomic E-state index is -0.374. The average Bonchev–Trinajstić information content (AvgIpc) is 3.17. The van der Waals surface area contributed by atoms with Gasteiger partial charge < -0.3 is 15.6 Å². The van der Waals surface area contributed by atoms with E-state index in [1.54, 1.807) is 19.2 Å². The van der Waals surface area contributed by atoms with Crippen molar-refractivity contribution in [3.63, 3.8) is 0 Å². The van der Waals surface area contributed by atoms with Crippen LogP contribution in [0.15, 0.2) is 59.8 Å². The summed E-state index contributed by atoms with van der Waals surface area (Å²) >= 11 is 0. The molecule has 3 N–H and O–H groups in total. The number of H-pyrrole nitrogens is 1. The van der Waals surface area contributed by atoms with E-state index in [-0.39, 0.29) is 36.2 Å². The van der Waals surface area contributed by atoms with E-state index in [0.29, 0.717) is 28.8 Å². The van der Waals surface area contributed by atoms with Crippen molar-refractivity contribution in [1.82, 2.24) is 24.8 Å². The Labute approximate surface area is 183 Å². The van der Waals surface area contributed by atoms with Crippen LogP contribution in [0.1, 0.15) is 17.0 Å². The lowest BCUT2D eigenvalue weighted by Crippen LogP contribution is -2.34. The van der Waals surface area contributed by atoms with Gasteiger partial charge in [-0.05, 0) is 25.0 Å². The second kappa shape index (κ2) is 9.42. The molecule has 0 radical (unpaired) electrons. The largest absolute Gasteiger partial charge is 0.365 e. The van der Waals surface area contributed by atoms with E-state index >= 15 is 0 Å². The first-order valence-corrected chi connectivity index (χ1v) is 10.2. The predicted octanol–water partition coefficient (Wildman–Crippen LogP) is 2.54. The van der Waals surface area contributed by atoms with Crippen molar-refractivity contribution in [3.8, 4) is 0 Å². The topological polar surface area (TPSA) is 105 Å². The van der Waals surface area contributed by atoms with Crippen LogP contribution in [0.5, 0.6) is 0 Å². The number of nitrogens with zero attached hydrogens (tertiary/aromatic N) is 3. The van der Waals surface area contributed by atoms with Crippen LogP contribution in [0.4, 0.5) is 10.2 Å². The van der Waals surface area contributed by atoms with E-state index in [0.717, 1.165) is 12.0 Å². The number of hydrogen-bond acceptors (Lipinski definition) is 5. The Morgan fingerprint density at radius 2 is 2.00 bits per heavy atom. The highest BCUT2D eigenvalue weighted by Gasteiger charge is 2.12. The fourth-order valence-corrected chi connectivity index (χ4v) is 3.37. The molecule has 3 heterocycles. The maximum atomic E-state index is 13.7. The third-order valence-electron chi connectivity index (χ3n) is 5.14. The van der Waals surface area contributed by atoms with Crippen LogP contribution in [0.25, 0.3) is 10.9 Å². The maximum Gasteiger partial charge on any atom is 0.293 e. The summed E-state index contributed by atoms with van der Waals surface area (Å²) in [6, 6.07) is 11.5. The zero-order valence-corrected chi connectivity index (χ0v) is 17.6. The lowest BCUT2D eigenvalue weighted by atomic mass is 10.1. The minimum Gasteiger partial charge on any atom is -0.365 e. The zero-order chi connectivity index (χ0) is 22.5. The summed E-state index contributed by atoms with van der Waals surface area (Å²) in [5, 5.41) is 6.20. The number of benzene rings is 1. The van der Waals surface area contributed by atoms with E-state index in [9.17, 15) is 14.0 Å². The number of halogens is 1. The summed E-state index contributed by atoms with van der Waals surface area (Å²) in [4.78, 5) is 36.4. The van der Waals surface area contributed by atoms with E-state index in [1.807, 2.05) is 30.3 Å². The predicted molar refractivity (Wildman–Crippen MR) is 120 cm³/mol. The molecule has 4 rings (SSSR count). The number of rotatable bonds is 8. The molecule has 0 atom stereocenters. The summed E-state index contributed by atoms with van der Waals surface area (Å²) in [6.45, 7) is 2.24. The maximum absolute atomic E-state index is 13.7. The van der Waals surface area contributed by atoms with Crippen LogP contribution in [0.2, 0.25) is 0 Å². The van der Waals surface area contributed by atoms with Crippen LogP contribution in [0, 0.1) is 12.7 Å². The van der Waals surface area contributed by atoms with Gasteiger partial charge >= 0.3 is 0 Å². The fourth-order valence-electron chi connectivity index (χ4n) is 3.37. The van der Waals surface area contributed by atoms with Crippen LogP contribution in [-0.2, 0) is 24.3 Å². The number of aromatic nitrogens is 4. The van der Waals surface area contributed by atoms with Gasteiger partial charge in [0.05, 0.1) is 24.0 Å². The molecule has 0 saturated carbocycles. The quantitative estimate of drug-likeness (QED) is 0.395. The molecule has 0 aliphatic heterocycles. The van der Waals surface area contributed by atoms with Gasteiger partial charge in [-0.3, -0.25) is 19.1 Å². The summed E-state index contributed by atoms with van der Waals surface area (Å²) in [7, 11) is 0. The number of aryl methyl sites for hydroxylation is 1. The molecule has 32 heavy (non-hydrogen) atoms. The zero-order valence-electron chi connectivity index (χ0n) is 17.6. The van der Waals surface area contributed by atoms with Crippen LogP contribution in [0.3, 0.4) is 0 Å². The number of pyridine rings is 1. The number of anilines is 1. The first-order valence-electron chi connectivity index (χ1n) is 10.2. The highest BCUT2D eigenvalue weighted by molar-refractivity contribution is 5.80. The van der Waals surface area contributed by atoms with Crippen molar-refractivity contribution in [2.45, 2.75) is 26.4 Å². The first kappa shape index (κ1) is 21.2. The van der Waals surface area contributed by atoms with Crippen molar-refractivity contribution >= 4 is 22.6 Å². The molecule has 0 aliphatic carbocycles. The molecule has 0 unspecified atom stereocenters. The normalized spacial score (nSPS) is 10.9. The Bertz CT molecular complexity index is 1300. The highest BCUT2D eigenvalue weighted by Crippen LogP contribution is 2.16. The number of amides is 1. The number of hydrogen-bond donors (Lipinski definition) is 3. The highest BCUT2D eigenvalue weighted by atomic mass is 19.1. The molecule has 0 spiro atoms. The molecule has 8 nitrogen and oxygen atoms in total. The molecule has 3 aromatic heterocycles. The summed E-state index contributed by atoms with van der Waals surface area (Å²) < 4.78 is 15.1. The Hall–Kier alpha value is -4.01. The van der Waals surface area contributed by atoms with Gasteiger partial charge in [0.25, 0.3) is 5.56 Å². The van der Waals surface area contributed by atoms with Gasteiger partial charge in [0.2, 0.25) is 5.91 Å². The molecule has 4 aromatic rings. The molecule has 0 saturated heterocycles. The molecule has 0 aliphatic rings.